The SMILES string of the molecule is CCCCCC1CCC(c2ccc(-c3ccc(C4CCC(CC(CO)COC)CC4)cc3F)cc2F)CC1. The Morgan fingerprint density at radius 2 is 1.55 bits per heavy atom. The molecule has 2 aromatic carbocycles. The highest BCUT2D eigenvalue weighted by molar-refractivity contribution is 5.65. The van der Waals surface area contributed by atoms with E-state index in [-0.39, 0.29) is 30.1 Å². The Hall–Kier alpha value is -1.78. The van der Waals surface area contributed by atoms with Crippen molar-refractivity contribution in [3.8, 4) is 11.1 Å². The van der Waals surface area contributed by atoms with Crippen LogP contribution in [-0.2, 0) is 4.74 Å². The molecule has 4 heteroatoms. The van der Waals surface area contributed by atoms with Gasteiger partial charge in [-0.2, -0.15) is 0 Å². The zero-order chi connectivity index (χ0) is 26.9. The molecule has 0 saturated heterocycles. The van der Waals surface area contributed by atoms with Crippen LogP contribution in [0.5, 0.6) is 0 Å². The van der Waals surface area contributed by atoms with Crippen LogP contribution in [0.25, 0.3) is 11.1 Å². The Labute approximate surface area is 229 Å². The van der Waals surface area contributed by atoms with Crippen molar-refractivity contribution in [2.75, 3.05) is 20.3 Å². The lowest BCUT2D eigenvalue weighted by Gasteiger charge is -2.31. The van der Waals surface area contributed by atoms with Gasteiger partial charge in [0.2, 0.25) is 0 Å². The maximum Gasteiger partial charge on any atom is 0.131 e. The summed E-state index contributed by atoms with van der Waals surface area (Å²) in [6.07, 6.45) is 15.0. The van der Waals surface area contributed by atoms with Crippen molar-refractivity contribution >= 4 is 0 Å². The van der Waals surface area contributed by atoms with E-state index in [0.717, 1.165) is 62.0 Å². The van der Waals surface area contributed by atoms with Gasteiger partial charge < -0.3 is 9.84 Å². The van der Waals surface area contributed by atoms with E-state index in [4.69, 9.17) is 4.74 Å². The number of methoxy groups -OCH3 is 1. The molecule has 0 aliphatic heterocycles. The molecule has 0 aromatic heterocycles. The fourth-order valence-corrected chi connectivity index (χ4v) is 7.12. The lowest BCUT2D eigenvalue weighted by molar-refractivity contribution is 0.0888. The summed E-state index contributed by atoms with van der Waals surface area (Å²) in [5, 5.41) is 9.56. The predicted octanol–water partition coefficient (Wildman–Crippen LogP) is 9.40. The van der Waals surface area contributed by atoms with Gasteiger partial charge in [0, 0.05) is 25.2 Å². The quantitative estimate of drug-likeness (QED) is 0.279. The van der Waals surface area contributed by atoms with Crippen LogP contribution < -0.4 is 0 Å². The second-order valence-electron chi connectivity index (χ2n) is 12.1. The molecule has 2 aliphatic rings. The Morgan fingerprint density at radius 1 is 0.842 bits per heavy atom. The number of halogens is 2. The Kier molecular flexibility index (Phi) is 11.2. The van der Waals surface area contributed by atoms with Crippen LogP contribution in [-0.4, -0.2) is 25.4 Å². The van der Waals surface area contributed by atoms with Crippen molar-refractivity contribution in [2.45, 2.75) is 102 Å². The molecule has 0 radical (unpaired) electrons. The van der Waals surface area contributed by atoms with Crippen LogP contribution >= 0.6 is 0 Å². The van der Waals surface area contributed by atoms with Gasteiger partial charge in [-0.15, -0.1) is 0 Å². The number of aliphatic hydroxyl groups is 1. The van der Waals surface area contributed by atoms with Crippen LogP contribution in [0.15, 0.2) is 36.4 Å². The Balaban J connectivity index is 1.34. The number of hydrogen-bond acceptors (Lipinski definition) is 2. The molecule has 0 heterocycles. The summed E-state index contributed by atoms with van der Waals surface area (Å²) in [7, 11) is 1.68. The summed E-state index contributed by atoms with van der Waals surface area (Å²) in [5.41, 5.74) is 2.97. The third kappa shape index (κ3) is 7.66. The molecule has 0 amide bonds. The van der Waals surface area contributed by atoms with Crippen LogP contribution in [0.2, 0.25) is 0 Å². The van der Waals surface area contributed by atoms with Crippen LogP contribution in [0, 0.1) is 29.4 Å². The van der Waals surface area contributed by atoms with Gasteiger partial charge in [0.15, 0.2) is 0 Å². The molecule has 210 valence electrons. The summed E-state index contributed by atoms with van der Waals surface area (Å²) in [5.74, 6) is 1.81. The molecule has 1 N–H and O–H groups in total. The highest BCUT2D eigenvalue weighted by atomic mass is 19.1. The zero-order valence-corrected chi connectivity index (χ0v) is 23.6. The molecule has 2 saturated carbocycles. The number of rotatable bonds is 12. The molecular formula is C34H48F2O2. The number of aliphatic hydroxyl groups excluding tert-OH is 1. The summed E-state index contributed by atoms with van der Waals surface area (Å²) in [6, 6.07) is 10.9. The number of hydrogen-bond donors (Lipinski definition) is 1. The van der Waals surface area contributed by atoms with Crippen molar-refractivity contribution in [3.05, 3.63) is 59.2 Å². The van der Waals surface area contributed by atoms with Gasteiger partial charge in [0.25, 0.3) is 0 Å². The van der Waals surface area contributed by atoms with Crippen molar-refractivity contribution in [3.63, 3.8) is 0 Å². The molecule has 4 rings (SSSR count). The largest absolute Gasteiger partial charge is 0.396 e. The molecule has 38 heavy (non-hydrogen) atoms. The van der Waals surface area contributed by atoms with E-state index >= 15 is 8.78 Å². The number of unbranched alkanes of at least 4 members (excludes halogenated alkanes) is 2. The van der Waals surface area contributed by atoms with Gasteiger partial charge in [-0.25, -0.2) is 8.78 Å². The fraction of sp³-hybridized carbons (Fsp3) is 0.647. The van der Waals surface area contributed by atoms with Crippen molar-refractivity contribution < 1.29 is 18.6 Å². The van der Waals surface area contributed by atoms with Gasteiger partial charge in [-0.05, 0) is 110 Å². The second kappa shape index (κ2) is 14.6. The molecular weight excluding hydrogens is 478 g/mol. The topological polar surface area (TPSA) is 29.5 Å². The molecule has 2 fully saturated rings. The minimum absolute atomic E-state index is 0.169. The average molecular weight is 527 g/mol. The normalized spacial score (nSPS) is 24.9. The van der Waals surface area contributed by atoms with Crippen LogP contribution in [0.4, 0.5) is 8.78 Å². The van der Waals surface area contributed by atoms with E-state index < -0.39 is 0 Å². The molecule has 2 aliphatic carbocycles. The zero-order valence-electron chi connectivity index (χ0n) is 23.6. The monoisotopic (exact) mass is 526 g/mol. The van der Waals surface area contributed by atoms with Crippen molar-refractivity contribution in [1.29, 1.82) is 0 Å². The van der Waals surface area contributed by atoms with E-state index in [1.807, 2.05) is 24.3 Å². The maximum atomic E-state index is 15.3. The standard InChI is InChI=1S/C34H48F2O2/c1-3-4-5-6-24-7-13-28(14-8-24)31-18-16-30(21-34(31)36)32-17-15-29(20-33(32)35)27-11-9-25(10-12-27)19-26(22-37)23-38-2/h15-18,20-21,24-28,37H,3-14,19,22-23H2,1-2H3. The Morgan fingerprint density at radius 3 is 2.18 bits per heavy atom. The highest BCUT2D eigenvalue weighted by Gasteiger charge is 2.26. The minimum atomic E-state index is -0.259. The van der Waals surface area contributed by atoms with E-state index in [1.54, 1.807) is 19.2 Å². The molecule has 2 aromatic rings. The van der Waals surface area contributed by atoms with Gasteiger partial charge in [0.05, 0.1) is 6.61 Å². The maximum absolute atomic E-state index is 15.3. The first-order valence-electron chi connectivity index (χ1n) is 15.2. The van der Waals surface area contributed by atoms with Crippen molar-refractivity contribution in [1.82, 2.24) is 0 Å². The molecule has 0 bridgehead atoms. The molecule has 2 nitrogen and oxygen atoms in total. The molecule has 0 spiro atoms. The first kappa shape index (κ1) is 29.2. The molecule has 1 unspecified atom stereocenters. The smallest absolute Gasteiger partial charge is 0.131 e. The van der Waals surface area contributed by atoms with Gasteiger partial charge in [-0.1, -0.05) is 56.9 Å². The van der Waals surface area contributed by atoms with E-state index in [0.29, 0.717) is 29.6 Å². The van der Waals surface area contributed by atoms with Crippen molar-refractivity contribution in [2.24, 2.45) is 17.8 Å². The van der Waals surface area contributed by atoms with E-state index in [1.165, 1.54) is 38.5 Å². The first-order valence-corrected chi connectivity index (χ1v) is 15.2. The van der Waals surface area contributed by atoms with E-state index in [9.17, 15) is 5.11 Å². The molecule has 1 atom stereocenters. The summed E-state index contributed by atoms with van der Waals surface area (Å²) < 4.78 is 35.7. The summed E-state index contributed by atoms with van der Waals surface area (Å²) in [4.78, 5) is 0. The van der Waals surface area contributed by atoms with Gasteiger partial charge in [0.1, 0.15) is 11.6 Å². The Bertz CT molecular complexity index is 990. The first-order chi connectivity index (χ1) is 18.5. The second-order valence-corrected chi connectivity index (χ2v) is 12.1. The highest BCUT2D eigenvalue weighted by Crippen LogP contribution is 2.41. The average Bonchev–Trinajstić information content (AvgIpc) is 2.94. The lowest BCUT2D eigenvalue weighted by atomic mass is 9.75. The summed E-state index contributed by atoms with van der Waals surface area (Å²) >= 11 is 0. The fourth-order valence-electron chi connectivity index (χ4n) is 7.12. The predicted molar refractivity (Wildman–Crippen MR) is 152 cm³/mol. The number of benzene rings is 2. The third-order valence-electron chi connectivity index (χ3n) is 9.45. The number of ether oxygens (including phenoxy) is 1. The van der Waals surface area contributed by atoms with E-state index in [2.05, 4.69) is 6.92 Å². The summed E-state index contributed by atoms with van der Waals surface area (Å²) in [6.45, 7) is 3.02. The van der Waals surface area contributed by atoms with Crippen LogP contribution in [0.3, 0.4) is 0 Å². The van der Waals surface area contributed by atoms with Gasteiger partial charge in [-0.3, -0.25) is 0 Å². The minimum Gasteiger partial charge on any atom is -0.396 e. The lowest BCUT2D eigenvalue weighted by Crippen LogP contribution is -2.21. The van der Waals surface area contributed by atoms with Gasteiger partial charge >= 0.3 is 0 Å². The third-order valence-corrected chi connectivity index (χ3v) is 9.45. The van der Waals surface area contributed by atoms with Crippen LogP contribution in [0.1, 0.15) is 113 Å².